The zero-order chi connectivity index (χ0) is 14.0. The first-order chi connectivity index (χ1) is 8.97. The molecule has 0 saturated heterocycles. The van der Waals surface area contributed by atoms with Crippen molar-refractivity contribution in [1.29, 1.82) is 0 Å². The van der Waals surface area contributed by atoms with Crippen LogP contribution in [0, 0.1) is 6.92 Å². The van der Waals surface area contributed by atoms with Gasteiger partial charge in [-0.05, 0) is 37.3 Å². The monoisotopic (exact) mass is 339 g/mol. The van der Waals surface area contributed by atoms with Crippen molar-refractivity contribution >= 4 is 44.8 Å². The molecule has 1 aromatic carbocycles. The minimum atomic E-state index is -0.286. The van der Waals surface area contributed by atoms with Gasteiger partial charge >= 0.3 is 0 Å². The van der Waals surface area contributed by atoms with Crippen LogP contribution in [-0.4, -0.2) is 10.9 Å². The molecule has 0 radical (unpaired) electrons. The maximum Gasteiger partial charge on any atom is 0.257 e. The Labute approximate surface area is 124 Å². The van der Waals surface area contributed by atoms with Crippen molar-refractivity contribution in [2.75, 3.05) is 11.1 Å². The number of halogens is 2. The average Bonchev–Trinajstić information content (AvgIpc) is 2.35. The summed E-state index contributed by atoms with van der Waals surface area (Å²) in [7, 11) is 0. The fourth-order valence-corrected chi connectivity index (χ4v) is 2.13. The molecule has 1 aromatic heterocycles. The number of benzene rings is 1. The molecule has 2 rings (SSSR count). The molecule has 6 heteroatoms. The predicted octanol–water partition coefficient (Wildman–Crippen LogP) is 3.64. The number of aryl methyl sites for hydroxylation is 1. The lowest BCUT2D eigenvalue weighted by molar-refractivity contribution is 0.102. The van der Waals surface area contributed by atoms with Gasteiger partial charge in [-0.15, -0.1) is 0 Å². The Morgan fingerprint density at radius 3 is 2.79 bits per heavy atom. The third-order valence-corrected chi connectivity index (χ3v) is 3.26. The number of hydrogen-bond donors (Lipinski definition) is 2. The molecular formula is C13H11BrClN3O. The number of hydrogen-bond acceptors (Lipinski definition) is 3. The van der Waals surface area contributed by atoms with E-state index in [0.717, 1.165) is 4.47 Å². The van der Waals surface area contributed by atoms with E-state index >= 15 is 0 Å². The van der Waals surface area contributed by atoms with Gasteiger partial charge in [-0.1, -0.05) is 27.5 Å². The standard InChI is InChI=1S/C13H11BrClN3O/c1-7-11(4-5-12(15)17-7)18-13(19)9-6-8(14)2-3-10(9)16/h2-6H,16H2,1H3,(H,18,19). The minimum absolute atomic E-state index is 0.286. The van der Waals surface area contributed by atoms with Crippen molar-refractivity contribution in [2.45, 2.75) is 6.92 Å². The quantitative estimate of drug-likeness (QED) is 0.648. The largest absolute Gasteiger partial charge is 0.398 e. The van der Waals surface area contributed by atoms with Gasteiger partial charge in [0.05, 0.1) is 16.9 Å². The summed E-state index contributed by atoms with van der Waals surface area (Å²) in [6, 6.07) is 8.45. The Kier molecular flexibility index (Phi) is 4.07. The number of nitrogens with zero attached hydrogens (tertiary/aromatic N) is 1. The van der Waals surface area contributed by atoms with Crippen LogP contribution in [0.5, 0.6) is 0 Å². The smallest absolute Gasteiger partial charge is 0.257 e. The molecule has 0 aliphatic carbocycles. The fraction of sp³-hybridized carbons (Fsp3) is 0.0769. The summed E-state index contributed by atoms with van der Waals surface area (Å²) in [6.45, 7) is 1.77. The molecule has 0 spiro atoms. The van der Waals surface area contributed by atoms with Crippen LogP contribution in [0.2, 0.25) is 5.15 Å². The summed E-state index contributed by atoms with van der Waals surface area (Å²) >= 11 is 9.08. The lowest BCUT2D eigenvalue weighted by Crippen LogP contribution is -2.15. The van der Waals surface area contributed by atoms with E-state index in [1.165, 1.54) is 0 Å². The van der Waals surface area contributed by atoms with E-state index in [-0.39, 0.29) is 5.91 Å². The summed E-state index contributed by atoms with van der Waals surface area (Å²) in [5, 5.41) is 3.15. The van der Waals surface area contributed by atoms with Crippen LogP contribution < -0.4 is 11.1 Å². The van der Waals surface area contributed by atoms with Crippen molar-refractivity contribution in [2.24, 2.45) is 0 Å². The maximum atomic E-state index is 12.2. The molecule has 0 unspecified atom stereocenters. The number of amides is 1. The topological polar surface area (TPSA) is 68.0 Å². The number of anilines is 2. The van der Waals surface area contributed by atoms with Crippen LogP contribution in [-0.2, 0) is 0 Å². The lowest BCUT2D eigenvalue weighted by Gasteiger charge is -2.10. The van der Waals surface area contributed by atoms with Crippen LogP contribution in [0.3, 0.4) is 0 Å². The van der Waals surface area contributed by atoms with Gasteiger partial charge < -0.3 is 11.1 Å². The van der Waals surface area contributed by atoms with Crippen molar-refractivity contribution < 1.29 is 4.79 Å². The molecule has 0 aliphatic heterocycles. The first-order valence-corrected chi connectivity index (χ1v) is 6.64. The highest BCUT2D eigenvalue weighted by Gasteiger charge is 2.12. The Morgan fingerprint density at radius 1 is 1.37 bits per heavy atom. The molecule has 19 heavy (non-hydrogen) atoms. The molecule has 2 aromatic rings. The minimum Gasteiger partial charge on any atom is -0.398 e. The number of aromatic nitrogens is 1. The van der Waals surface area contributed by atoms with Gasteiger partial charge in [-0.3, -0.25) is 4.79 Å². The lowest BCUT2D eigenvalue weighted by atomic mass is 10.1. The summed E-state index contributed by atoms with van der Waals surface area (Å²) in [5.41, 5.74) is 7.86. The molecule has 0 saturated carbocycles. The van der Waals surface area contributed by atoms with E-state index in [2.05, 4.69) is 26.2 Å². The van der Waals surface area contributed by atoms with E-state index in [4.69, 9.17) is 17.3 Å². The highest BCUT2D eigenvalue weighted by Crippen LogP contribution is 2.21. The van der Waals surface area contributed by atoms with Gasteiger partial charge in [0.15, 0.2) is 0 Å². The number of nitrogens with two attached hydrogens (primary N) is 1. The third kappa shape index (κ3) is 3.24. The van der Waals surface area contributed by atoms with Crippen LogP contribution in [0.1, 0.15) is 16.1 Å². The van der Waals surface area contributed by atoms with Crippen molar-refractivity contribution in [1.82, 2.24) is 4.98 Å². The molecule has 1 heterocycles. The Bertz CT molecular complexity index is 646. The second-order valence-corrected chi connectivity index (χ2v) is 5.26. The zero-order valence-electron chi connectivity index (χ0n) is 10.1. The highest BCUT2D eigenvalue weighted by atomic mass is 79.9. The number of nitrogens with one attached hydrogen (secondary N) is 1. The van der Waals surface area contributed by atoms with Crippen molar-refractivity contribution in [3.05, 3.63) is 51.2 Å². The third-order valence-electron chi connectivity index (χ3n) is 2.56. The van der Waals surface area contributed by atoms with Crippen LogP contribution in [0.4, 0.5) is 11.4 Å². The number of rotatable bonds is 2. The number of nitrogen functional groups attached to an aromatic ring is 1. The van der Waals surface area contributed by atoms with E-state index in [1.54, 1.807) is 37.3 Å². The first-order valence-electron chi connectivity index (χ1n) is 5.47. The molecule has 0 bridgehead atoms. The highest BCUT2D eigenvalue weighted by molar-refractivity contribution is 9.10. The predicted molar refractivity (Wildman–Crippen MR) is 80.5 cm³/mol. The van der Waals surface area contributed by atoms with Crippen molar-refractivity contribution in [3.63, 3.8) is 0 Å². The van der Waals surface area contributed by atoms with Gasteiger partial charge in [0, 0.05) is 10.2 Å². The Balaban J connectivity index is 2.28. The molecule has 0 atom stereocenters. The van der Waals surface area contributed by atoms with Gasteiger partial charge in [-0.2, -0.15) is 0 Å². The first kappa shape index (κ1) is 13.8. The number of carbonyl (C=O) groups is 1. The van der Waals surface area contributed by atoms with Crippen LogP contribution >= 0.6 is 27.5 Å². The molecule has 3 N–H and O–H groups in total. The summed E-state index contributed by atoms with van der Waals surface area (Å²) in [6.07, 6.45) is 0. The van der Waals surface area contributed by atoms with E-state index in [0.29, 0.717) is 27.8 Å². The Morgan fingerprint density at radius 2 is 2.11 bits per heavy atom. The van der Waals surface area contributed by atoms with Gasteiger partial charge in [0.2, 0.25) is 0 Å². The van der Waals surface area contributed by atoms with E-state index in [1.807, 2.05) is 0 Å². The Hall–Kier alpha value is -1.59. The fourth-order valence-electron chi connectivity index (χ4n) is 1.58. The zero-order valence-corrected chi connectivity index (χ0v) is 12.4. The second kappa shape index (κ2) is 5.59. The number of carbonyl (C=O) groups excluding carboxylic acids is 1. The number of pyridine rings is 1. The summed E-state index contributed by atoms with van der Waals surface area (Å²) < 4.78 is 0.790. The molecule has 0 fully saturated rings. The van der Waals surface area contributed by atoms with E-state index < -0.39 is 0 Å². The van der Waals surface area contributed by atoms with Crippen molar-refractivity contribution in [3.8, 4) is 0 Å². The molecule has 1 amide bonds. The SMILES string of the molecule is Cc1nc(Cl)ccc1NC(=O)c1cc(Br)ccc1N. The normalized spacial score (nSPS) is 10.3. The summed E-state index contributed by atoms with van der Waals surface area (Å²) in [5.74, 6) is -0.286. The van der Waals surface area contributed by atoms with Gasteiger partial charge in [0.1, 0.15) is 5.15 Å². The van der Waals surface area contributed by atoms with E-state index in [9.17, 15) is 4.79 Å². The average molecular weight is 341 g/mol. The van der Waals surface area contributed by atoms with Gasteiger partial charge in [-0.25, -0.2) is 4.98 Å². The molecule has 4 nitrogen and oxygen atoms in total. The van der Waals surface area contributed by atoms with Crippen LogP contribution in [0.25, 0.3) is 0 Å². The maximum absolute atomic E-state index is 12.2. The molecule has 98 valence electrons. The second-order valence-electron chi connectivity index (χ2n) is 3.95. The van der Waals surface area contributed by atoms with Gasteiger partial charge in [0.25, 0.3) is 5.91 Å². The van der Waals surface area contributed by atoms with Crippen LogP contribution in [0.15, 0.2) is 34.8 Å². The molecule has 0 aliphatic rings. The molecular weight excluding hydrogens is 330 g/mol. The summed E-state index contributed by atoms with van der Waals surface area (Å²) in [4.78, 5) is 16.2.